The Balaban J connectivity index is 3.19. The van der Waals surface area contributed by atoms with Crippen molar-refractivity contribution in [3.05, 3.63) is 0 Å². The van der Waals surface area contributed by atoms with E-state index in [1.807, 2.05) is 20.8 Å². The molecule has 6 heteroatoms. The van der Waals surface area contributed by atoms with Crippen molar-refractivity contribution in [1.82, 2.24) is 5.32 Å². The zero-order valence-electron chi connectivity index (χ0n) is 13.2. The van der Waals surface area contributed by atoms with Gasteiger partial charge in [-0.2, -0.15) is 0 Å². The maximum atomic E-state index is 11.3. The third-order valence-corrected chi connectivity index (χ3v) is 2.17. The molecule has 0 aliphatic carbocycles. The minimum absolute atomic E-state index is 0.421. The van der Waals surface area contributed by atoms with Gasteiger partial charge in [0, 0.05) is 26.9 Å². The van der Waals surface area contributed by atoms with Crippen molar-refractivity contribution in [2.45, 2.75) is 39.2 Å². The number of methoxy groups -OCH3 is 1. The van der Waals surface area contributed by atoms with Crippen LogP contribution in [-0.2, 0) is 18.9 Å². The number of carbonyl (C=O) groups excluding carboxylic acids is 1. The predicted molar refractivity (Wildman–Crippen MR) is 77.0 cm³/mol. The molecule has 0 radical (unpaired) electrons. The molecule has 0 aliphatic heterocycles. The second-order valence-electron chi connectivity index (χ2n) is 5.35. The van der Waals surface area contributed by atoms with Crippen molar-refractivity contribution >= 4 is 6.09 Å². The quantitative estimate of drug-likeness (QED) is 0.590. The van der Waals surface area contributed by atoms with Crippen molar-refractivity contribution in [3.63, 3.8) is 0 Å². The number of amides is 1. The number of hydrogen-bond acceptors (Lipinski definition) is 5. The van der Waals surface area contributed by atoms with Crippen LogP contribution >= 0.6 is 0 Å². The Kier molecular flexibility index (Phi) is 11.4. The highest BCUT2D eigenvalue weighted by molar-refractivity contribution is 5.67. The lowest BCUT2D eigenvalue weighted by Crippen LogP contribution is -2.34. The van der Waals surface area contributed by atoms with Crippen LogP contribution in [0.25, 0.3) is 0 Å². The van der Waals surface area contributed by atoms with Gasteiger partial charge in [0.1, 0.15) is 5.60 Å². The zero-order chi connectivity index (χ0) is 15.3. The molecule has 0 saturated heterocycles. The van der Waals surface area contributed by atoms with Gasteiger partial charge in [-0.25, -0.2) is 4.79 Å². The smallest absolute Gasteiger partial charge is 0.407 e. The van der Waals surface area contributed by atoms with Crippen molar-refractivity contribution in [2.75, 3.05) is 46.7 Å². The van der Waals surface area contributed by atoms with Crippen LogP contribution < -0.4 is 5.32 Å². The van der Waals surface area contributed by atoms with E-state index in [9.17, 15) is 4.79 Å². The minimum Gasteiger partial charge on any atom is -0.444 e. The first-order valence-electron chi connectivity index (χ1n) is 7.07. The number of hydrogen-bond donors (Lipinski definition) is 1. The normalized spacial score (nSPS) is 11.4. The average Bonchev–Trinajstić information content (AvgIpc) is 2.34. The largest absolute Gasteiger partial charge is 0.444 e. The summed E-state index contributed by atoms with van der Waals surface area (Å²) in [6.07, 6.45) is 1.58. The molecule has 6 nitrogen and oxygen atoms in total. The van der Waals surface area contributed by atoms with Crippen LogP contribution in [0.15, 0.2) is 0 Å². The summed E-state index contributed by atoms with van der Waals surface area (Å²) in [5, 5.41) is 2.62. The summed E-state index contributed by atoms with van der Waals surface area (Å²) in [5.41, 5.74) is -0.471. The van der Waals surface area contributed by atoms with Gasteiger partial charge in [-0.15, -0.1) is 0 Å². The van der Waals surface area contributed by atoms with Crippen molar-refractivity contribution < 1.29 is 23.7 Å². The number of unbranched alkanes of at least 4 members (excludes halogenated alkanes) is 1. The monoisotopic (exact) mass is 291 g/mol. The number of nitrogens with one attached hydrogen (secondary N) is 1. The molecule has 1 amide bonds. The Hall–Kier alpha value is -0.850. The van der Waals surface area contributed by atoms with Crippen molar-refractivity contribution in [1.29, 1.82) is 0 Å². The molecular formula is C14H29NO5. The lowest BCUT2D eigenvalue weighted by Gasteiger charge is -2.19. The molecule has 0 heterocycles. The summed E-state index contributed by atoms with van der Waals surface area (Å²) >= 11 is 0. The van der Waals surface area contributed by atoms with E-state index in [4.69, 9.17) is 18.9 Å². The van der Waals surface area contributed by atoms with Gasteiger partial charge in [0.2, 0.25) is 0 Å². The number of alkyl carbamates (subject to hydrolysis) is 1. The van der Waals surface area contributed by atoms with Crippen molar-refractivity contribution in [3.8, 4) is 0 Å². The fourth-order valence-corrected chi connectivity index (χ4v) is 1.31. The standard InChI is InChI=1S/C14H29NO5/c1-14(2,3)20-13(16)15-7-10-19-12-11-18-9-6-5-8-17-4/h5-12H2,1-4H3,(H,15,16). The molecule has 0 fully saturated rings. The average molecular weight is 291 g/mol. The van der Waals surface area contributed by atoms with Gasteiger partial charge in [-0.3, -0.25) is 0 Å². The predicted octanol–water partition coefficient (Wildman–Crippen LogP) is 1.97. The van der Waals surface area contributed by atoms with Gasteiger partial charge >= 0.3 is 6.09 Å². The SMILES string of the molecule is COCCCCOCCOCCNC(=O)OC(C)(C)C. The molecule has 0 saturated carbocycles. The summed E-state index contributed by atoms with van der Waals surface area (Å²) in [5.74, 6) is 0. The molecule has 120 valence electrons. The van der Waals surface area contributed by atoms with E-state index < -0.39 is 11.7 Å². The van der Waals surface area contributed by atoms with E-state index in [2.05, 4.69) is 5.32 Å². The topological polar surface area (TPSA) is 66.0 Å². The molecule has 0 atom stereocenters. The lowest BCUT2D eigenvalue weighted by atomic mass is 10.2. The molecule has 0 aromatic heterocycles. The molecule has 0 aliphatic rings. The summed E-state index contributed by atoms with van der Waals surface area (Å²) in [6, 6.07) is 0. The van der Waals surface area contributed by atoms with E-state index in [1.54, 1.807) is 7.11 Å². The molecule has 0 aromatic rings. The van der Waals surface area contributed by atoms with E-state index in [-0.39, 0.29) is 0 Å². The van der Waals surface area contributed by atoms with Gasteiger partial charge in [-0.1, -0.05) is 0 Å². The van der Waals surface area contributed by atoms with Gasteiger partial charge in [0.15, 0.2) is 0 Å². The molecule has 0 rings (SSSR count). The van der Waals surface area contributed by atoms with Crippen LogP contribution in [0.3, 0.4) is 0 Å². The Morgan fingerprint density at radius 3 is 2.15 bits per heavy atom. The molecular weight excluding hydrogens is 262 g/mol. The fraction of sp³-hybridized carbons (Fsp3) is 0.929. The molecule has 20 heavy (non-hydrogen) atoms. The molecule has 0 spiro atoms. The summed E-state index contributed by atoms with van der Waals surface area (Å²) < 4.78 is 20.7. The van der Waals surface area contributed by atoms with Crippen LogP contribution in [0.1, 0.15) is 33.6 Å². The van der Waals surface area contributed by atoms with Gasteiger partial charge in [-0.05, 0) is 33.6 Å². The number of carbonyl (C=O) groups is 1. The van der Waals surface area contributed by atoms with E-state index in [1.165, 1.54) is 0 Å². The molecule has 1 N–H and O–H groups in total. The van der Waals surface area contributed by atoms with E-state index in [0.29, 0.717) is 26.4 Å². The Labute approximate surface area is 122 Å². The zero-order valence-corrected chi connectivity index (χ0v) is 13.2. The first-order chi connectivity index (χ1) is 9.45. The number of ether oxygens (including phenoxy) is 4. The third-order valence-electron chi connectivity index (χ3n) is 2.17. The summed E-state index contributed by atoms with van der Waals surface area (Å²) in [4.78, 5) is 11.3. The summed E-state index contributed by atoms with van der Waals surface area (Å²) in [6.45, 7) is 8.96. The van der Waals surface area contributed by atoms with Crippen LogP contribution in [-0.4, -0.2) is 58.4 Å². The molecule has 0 aromatic carbocycles. The van der Waals surface area contributed by atoms with Crippen LogP contribution in [0, 0.1) is 0 Å². The van der Waals surface area contributed by atoms with Crippen LogP contribution in [0.5, 0.6) is 0 Å². The maximum absolute atomic E-state index is 11.3. The fourth-order valence-electron chi connectivity index (χ4n) is 1.31. The highest BCUT2D eigenvalue weighted by atomic mass is 16.6. The van der Waals surface area contributed by atoms with Crippen LogP contribution in [0.4, 0.5) is 4.79 Å². The first kappa shape index (κ1) is 19.1. The van der Waals surface area contributed by atoms with Gasteiger partial charge in [0.05, 0.1) is 19.8 Å². The second kappa shape index (κ2) is 11.9. The Morgan fingerprint density at radius 1 is 0.950 bits per heavy atom. The minimum atomic E-state index is -0.471. The van der Waals surface area contributed by atoms with E-state index >= 15 is 0 Å². The first-order valence-corrected chi connectivity index (χ1v) is 7.07. The lowest BCUT2D eigenvalue weighted by molar-refractivity contribution is 0.0381. The number of rotatable bonds is 11. The van der Waals surface area contributed by atoms with Gasteiger partial charge < -0.3 is 24.3 Å². The molecule has 0 bridgehead atoms. The summed E-state index contributed by atoms with van der Waals surface area (Å²) in [7, 11) is 1.69. The Bertz CT molecular complexity index is 240. The maximum Gasteiger partial charge on any atom is 0.407 e. The highest BCUT2D eigenvalue weighted by Crippen LogP contribution is 2.05. The van der Waals surface area contributed by atoms with Gasteiger partial charge in [0.25, 0.3) is 0 Å². The highest BCUT2D eigenvalue weighted by Gasteiger charge is 2.15. The molecule has 0 unspecified atom stereocenters. The Morgan fingerprint density at radius 2 is 1.55 bits per heavy atom. The third kappa shape index (κ3) is 15.2. The second-order valence-corrected chi connectivity index (χ2v) is 5.35. The van der Waals surface area contributed by atoms with E-state index in [0.717, 1.165) is 26.1 Å². The van der Waals surface area contributed by atoms with Crippen molar-refractivity contribution in [2.24, 2.45) is 0 Å². The van der Waals surface area contributed by atoms with Crippen LogP contribution in [0.2, 0.25) is 0 Å².